The lowest BCUT2D eigenvalue weighted by Gasteiger charge is -2.39. The molecule has 1 aliphatic heterocycles. The van der Waals surface area contributed by atoms with Gasteiger partial charge >= 0.3 is 21.6 Å². The molecule has 0 fully saturated rings. The van der Waals surface area contributed by atoms with Crippen LogP contribution in [0.3, 0.4) is 0 Å². The molecular formula is C14H21F3O6S. The maximum absolute atomic E-state index is 12.5. The first-order chi connectivity index (χ1) is 10.7. The normalized spacial score (nSPS) is 24.2. The van der Waals surface area contributed by atoms with Crippen molar-refractivity contribution in [3.63, 3.8) is 0 Å². The van der Waals surface area contributed by atoms with Gasteiger partial charge in [0.2, 0.25) is 0 Å². The Balaban J connectivity index is 3.08. The highest BCUT2D eigenvalue weighted by Gasteiger charge is 2.51. The lowest BCUT2D eigenvalue weighted by Crippen LogP contribution is -2.48. The molecule has 140 valence electrons. The first-order valence-electron chi connectivity index (χ1n) is 7.32. The van der Waals surface area contributed by atoms with Gasteiger partial charge in [0.15, 0.2) is 5.60 Å². The predicted molar refractivity (Wildman–Crippen MR) is 78.2 cm³/mol. The van der Waals surface area contributed by atoms with Crippen molar-refractivity contribution in [3.8, 4) is 0 Å². The lowest BCUT2D eigenvalue weighted by atomic mass is 9.93. The molecule has 0 amide bonds. The van der Waals surface area contributed by atoms with Crippen LogP contribution < -0.4 is 0 Å². The molecule has 1 heterocycles. The van der Waals surface area contributed by atoms with Gasteiger partial charge in [-0.3, -0.25) is 0 Å². The molecule has 0 aromatic rings. The summed E-state index contributed by atoms with van der Waals surface area (Å²) in [4.78, 5) is 12.2. The first kappa shape index (κ1) is 20.8. The molecule has 10 heteroatoms. The molecule has 0 N–H and O–H groups in total. The quantitative estimate of drug-likeness (QED) is 0.308. The molecule has 0 aromatic heterocycles. The van der Waals surface area contributed by atoms with Crippen molar-refractivity contribution < 1.29 is 40.0 Å². The fourth-order valence-electron chi connectivity index (χ4n) is 2.21. The smallest absolute Gasteiger partial charge is 0.463 e. The maximum atomic E-state index is 12.5. The zero-order valence-electron chi connectivity index (χ0n) is 13.9. The Morgan fingerprint density at radius 1 is 1.33 bits per heavy atom. The Morgan fingerprint density at radius 3 is 2.42 bits per heavy atom. The molecule has 24 heavy (non-hydrogen) atoms. The second-order valence-electron chi connectivity index (χ2n) is 6.23. The van der Waals surface area contributed by atoms with E-state index in [1.54, 1.807) is 0 Å². The topological polar surface area (TPSA) is 78.9 Å². The molecule has 0 radical (unpaired) electrons. The van der Waals surface area contributed by atoms with Gasteiger partial charge < -0.3 is 13.7 Å². The third-order valence-corrected chi connectivity index (χ3v) is 4.16. The van der Waals surface area contributed by atoms with Crippen LogP contribution in [0.5, 0.6) is 0 Å². The highest BCUT2D eigenvalue weighted by Crippen LogP contribution is 2.38. The SMILES string of the molecule is CCCCOC(=O)C1(C)C=C(OS(=O)(=O)C(F)(F)F)CC(C)(C)O1. The summed E-state index contributed by atoms with van der Waals surface area (Å²) < 4.78 is 74.6. The number of halogens is 3. The second-order valence-corrected chi connectivity index (χ2v) is 7.77. The van der Waals surface area contributed by atoms with Gasteiger partial charge in [-0.2, -0.15) is 21.6 Å². The van der Waals surface area contributed by atoms with Crippen LogP contribution >= 0.6 is 0 Å². The van der Waals surface area contributed by atoms with Gasteiger partial charge in [-0.05, 0) is 33.3 Å². The van der Waals surface area contributed by atoms with E-state index in [0.717, 1.165) is 12.5 Å². The minimum absolute atomic E-state index is 0.125. The number of carbonyl (C=O) groups is 1. The summed E-state index contributed by atoms with van der Waals surface area (Å²) in [5, 5.41) is 0. The van der Waals surface area contributed by atoms with E-state index in [0.29, 0.717) is 6.42 Å². The maximum Gasteiger partial charge on any atom is 0.534 e. The van der Waals surface area contributed by atoms with E-state index < -0.39 is 38.6 Å². The Hall–Kier alpha value is -1.29. The first-order valence-corrected chi connectivity index (χ1v) is 8.73. The van der Waals surface area contributed by atoms with E-state index in [1.165, 1.54) is 20.8 Å². The highest BCUT2D eigenvalue weighted by atomic mass is 32.2. The predicted octanol–water partition coefficient (Wildman–Crippen LogP) is 3.04. The summed E-state index contributed by atoms with van der Waals surface area (Å²) in [6.07, 6.45) is 2.06. The molecule has 1 aliphatic rings. The van der Waals surface area contributed by atoms with E-state index >= 15 is 0 Å². The zero-order valence-corrected chi connectivity index (χ0v) is 14.7. The van der Waals surface area contributed by atoms with Crippen molar-refractivity contribution in [3.05, 3.63) is 11.8 Å². The minimum atomic E-state index is -5.82. The van der Waals surface area contributed by atoms with Gasteiger partial charge in [-0.15, -0.1) is 0 Å². The van der Waals surface area contributed by atoms with Crippen molar-refractivity contribution in [2.75, 3.05) is 6.61 Å². The van der Waals surface area contributed by atoms with Crippen LogP contribution in [0, 0.1) is 0 Å². The van der Waals surface area contributed by atoms with Crippen LogP contribution in [0.4, 0.5) is 13.2 Å². The van der Waals surface area contributed by atoms with Gasteiger partial charge in [0.05, 0.1) is 12.2 Å². The fourth-order valence-corrected chi connectivity index (χ4v) is 2.70. The second kappa shape index (κ2) is 6.91. The van der Waals surface area contributed by atoms with E-state index in [2.05, 4.69) is 4.18 Å². The van der Waals surface area contributed by atoms with E-state index in [-0.39, 0.29) is 13.0 Å². The van der Waals surface area contributed by atoms with Crippen LogP contribution in [-0.4, -0.2) is 37.7 Å². The van der Waals surface area contributed by atoms with Crippen molar-refractivity contribution in [2.24, 2.45) is 0 Å². The number of hydrogen-bond donors (Lipinski definition) is 0. The Kier molecular flexibility index (Phi) is 5.98. The molecular weight excluding hydrogens is 353 g/mol. The summed E-state index contributed by atoms with van der Waals surface area (Å²) in [7, 11) is -5.82. The van der Waals surface area contributed by atoms with E-state index in [1.807, 2.05) is 6.92 Å². The summed E-state index contributed by atoms with van der Waals surface area (Å²) in [5.74, 6) is -1.34. The van der Waals surface area contributed by atoms with Gasteiger partial charge in [-0.1, -0.05) is 13.3 Å². The van der Waals surface area contributed by atoms with Crippen LogP contribution in [0.1, 0.15) is 47.0 Å². The third-order valence-electron chi connectivity index (χ3n) is 3.16. The van der Waals surface area contributed by atoms with E-state index in [9.17, 15) is 26.4 Å². The van der Waals surface area contributed by atoms with Crippen LogP contribution in [0.15, 0.2) is 11.8 Å². The highest BCUT2D eigenvalue weighted by molar-refractivity contribution is 7.87. The van der Waals surface area contributed by atoms with Gasteiger partial charge in [0.1, 0.15) is 5.76 Å². The average molecular weight is 374 g/mol. The Bertz CT molecular complexity index is 608. The van der Waals surface area contributed by atoms with Gasteiger partial charge in [0, 0.05) is 6.42 Å². The lowest BCUT2D eigenvalue weighted by molar-refractivity contribution is -0.183. The molecule has 0 bridgehead atoms. The van der Waals surface area contributed by atoms with Crippen LogP contribution in [0.2, 0.25) is 0 Å². The number of unbranched alkanes of at least 4 members (excludes halogenated alkanes) is 1. The van der Waals surface area contributed by atoms with E-state index in [4.69, 9.17) is 9.47 Å². The molecule has 0 saturated heterocycles. The summed E-state index contributed by atoms with van der Waals surface area (Å²) in [6.45, 7) is 6.30. The summed E-state index contributed by atoms with van der Waals surface area (Å²) in [6, 6.07) is 0. The van der Waals surface area contributed by atoms with Crippen molar-refractivity contribution >= 4 is 16.1 Å². The molecule has 6 nitrogen and oxygen atoms in total. The molecule has 0 spiro atoms. The molecule has 1 rings (SSSR count). The summed E-state index contributed by atoms with van der Waals surface area (Å²) in [5.41, 5.74) is -8.43. The number of hydrogen-bond acceptors (Lipinski definition) is 6. The van der Waals surface area contributed by atoms with Crippen LogP contribution in [0.25, 0.3) is 0 Å². The molecule has 1 unspecified atom stereocenters. The standard InChI is InChI=1S/C14H21F3O6S/c1-5-6-7-21-11(18)13(4)9-10(8-12(2,3)23-13)22-24(19,20)14(15,16)17/h9H,5-8H2,1-4H3. The van der Waals surface area contributed by atoms with Crippen molar-refractivity contribution in [1.82, 2.24) is 0 Å². The molecule has 0 saturated carbocycles. The van der Waals surface area contributed by atoms with Gasteiger partial charge in [0.25, 0.3) is 0 Å². The van der Waals surface area contributed by atoms with Crippen molar-refractivity contribution in [2.45, 2.75) is 63.7 Å². The molecule has 0 aromatic carbocycles. The number of alkyl halides is 3. The van der Waals surface area contributed by atoms with Gasteiger partial charge in [-0.25, -0.2) is 4.79 Å². The van der Waals surface area contributed by atoms with Crippen molar-refractivity contribution in [1.29, 1.82) is 0 Å². The molecule has 0 aliphatic carbocycles. The number of rotatable bonds is 6. The zero-order chi connectivity index (χ0) is 18.8. The Labute approximate surface area is 139 Å². The number of esters is 1. The third kappa shape index (κ3) is 5.10. The number of carbonyl (C=O) groups excluding carboxylic acids is 1. The monoisotopic (exact) mass is 374 g/mol. The minimum Gasteiger partial charge on any atom is -0.463 e. The fraction of sp³-hybridized carbons (Fsp3) is 0.786. The average Bonchev–Trinajstić information content (AvgIpc) is 2.34. The number of ether oxygens (including phenoxy) is 2. The Morgan fingerprint density at radius 2 is 1.92 bits per heavy atom. The summed E-state index contributed by atoms with van der Waals surface area (Å²) >= 11 is 0. The molecule has 1 atom stereocenters. The largest absolute Gasteiger partial charge is 0.534 e. The van der Waals surface area contributed by atoms with Crippen LogP contribution in [-0.2, 0) is 28.6 Å².